The van der Waals surface area contributed by atoms with Crippen LogP contribution in [0.3, 0.4) is 0 Å². The normalized spacial score (nSPS) is 19.8. The molecule has 0 radical (unpaired) electrons. The van der Waals surface area contributed by atoms with Gasteiger partial charge in [-0.15, -0.1) is 0 Å². The number of carbonyl (C=O) groups excluding carboxylic acids is 1. The van der Waals surface area contributed by atoms with Crippen LogP contribution in [0.15, 0.2) is 42.7 Å². The van der Waals surface area contributed by atoms with E-state index in [0.29, 0.717) is 19.7 Å². The highest BCUT2D eigenvalue weighted by Crippen LogP contribution is 2.31. The van der Waals surface area contributed by atoms with Gasteiger partial charge in [0.15, 0.2) is 0 Å². The lowest BCUT2D eigenvalue weighted by atomic mass is 10.0. The second-order valence-electron chi connectivity index (χ2n) is 6.20. The van der Waals surface area contributed by atoms with Gasteiger partial charge in [-0.1, -0.05) is 18.2 Å². The fraction of sp³-hybridized carbons (Fsp3) is 0.389. The number of hydrogen-bond acceptors (Lipinski definition) is 5. The molecule has 3 heterocycles. The van der Waals surface area contributed by atoms with E-state index < -0.39 is 0 Å². The van der Waals surface area contributed by atoms with Crippen molar-refractivity contribution >= 4 is 12.0 Å². The highest BCUT2D eigenvalue weighted by atomic mass is 16.5. The number of rotatable bonds is 2. The molecule has 0 bridgehead atoms. The molecule has 2 aliphatic rings. The Morgan fingerprint density at radius 3 is 2.64 bits per heavy atom. The van der Waals surface area contributed by atoms with Gasteiger partial charge >= 0.3 is 6.03 Å². The maximum absolute atomic E-state index is 12.6. The zero-order valence-corrected chi connectivity index (χ0v) is 14.0. The Bertz CT molecular complexity index is 731. The van der Waals surface area contributed by atoms with Crippen molar-refractivity contribution in [3.05, 3.63) is 48.3 Å². The molecule has 1 aromatic carbocycles. The molecule has 1 aromatic heterocycles. The van der Waals surface area contributed by atoms with Crippen LogP contribution in [0.2, 0.25) is 0 Å². The number of carbonyl (C=O) groups is 1. The second-order valence-corrected chi connectivity index (χ2v) is 6.20. The summed E-state index contributed by atoms with van der Waals surface area (Å²) in [6, 6.07) is 9.69. The van der Waals surface area contributed by atoms with Gasteiger partial charge < -0.3 is 19.9 Å². The van der Waals surface area contributed by atoms with E-state index in [1.807, 2.05) is 29.2 Å². The van der Waals surface area contributed by atoms with Crippen LogP contribution in [-0.2, 0) is 0 Å². The number of nitrogens with one attached hydrogen (secondary N) is 1. The molecule has 0 saturated carbocycles. The van der Waals surface area contributed by atoms with Crippen molar-refractivity contribution in [3.63, 3.8) is 0 Å². The number of benzene rings is 1. The van der Waals surface area contributed by atoms with Crippen LogP contribution < -0.4 is 15.0 Å². The number of para-hydroxylation sites is 1. The Kier molecular flexibility index (Phi) is 4.37. The summed E-state index contributed by atoms with van der Waals surface area (Å²) in [6.07, 6.45) is 4.27. The van der Waals surface area contributed by atoms with Crippen molar-refractivity contribution in [1.29, 1.82) is 0 Å². The van der Waals surface area contributed by atoms with E-state index >= 15 is 0 Å². The molecule has 130 valence electrons. The van der Waals surface area contributed by atoms with Gasteiger partial charge in [0.2, 0.25) is 5.95 Å². The van der Waals surface area contributed by atoms with E-state index in [4.69, 9.17) is 4.74 Å². The summed E-state index contributed by atoms with van der Waals surface area (Å²) >= 11 is 0. The van der Waals surface area contributed by atoms with E-state index in [9.17, 15) is 4.79 Å². The van der Waals surface area contributed by atoms with Gasteiger partial charge in [0.05, 0.1) is 12.6 Å². The molecule has 2 amide bonds. The van der Waals surface area contributed by atoms with Crippen LogP contribution in [-0.4, -0.2) is 53.7 Å². The van der Waals surface area contributed by atoms with Gasteiger partial charge in [-0.25, -0.2) is 14.8 Å². The van der Waals surface area contributed by atoms with E-state index in [2.05, 4.69) is 20.2 Å². The van der Waals surface area contributed by atoms with E-state index in [1.165, 1.54) is 0 Å². The minimum atomic E-state index is -0.0182. The predicted octanol–water partition coefficient (Wildman–Crippen LogP) is 1.83. The van der Waals surface area contributed by atoms with Gasteiger partial charge in [0, 0.05) is 50.6 Å². The Hall–Kier alpha value is -2.83. The fourth-order valence-electron chi connectivity index (χ4n) is 3.30. The lowest BCUT2D eigenvalue weighted by molar-refractivity contribution is 0.183. The Labute approximate surface area is 146 Å². The molecular formula is C18H21N5O2. The van der Waals surface area contributed by atoms with Crippen molar-refractivity contribution in [2.45, 2.75) is 12.5 Å². The van der Waals surface area contributed by atoms with E-state index in [-0.39, 0.29) is 12.1 Å². The first-order valence-corrected chi connectivity index (χ1v) is 8.60. The third kappa shape index (κ3) is 3.35. The summed E-state index contributed by atoms with van der Waals surface area (Å²) < 4.78 is 5.66. The molecule has 2 aliphatic heterocycles. The average Bonchev–Trinajstić information content (AvgIpc) is 2.69. The molecule has 4 rings (SSSR count). The minimum Gasteiger partial charge on any atom is -0.493 e. The van der Waals surface area contributed by atoms with Crippen molar-refractivity contribution in [2.24, 2.45) is 0 Å². The van der Waals surface area contributed by atoms with Crippen LogP contribution in [0, 0.1) is 0 Å². The van der Waals surface area contributed by atoms with Gasteiger partial charge in [-0.05, 0) is 12.1 Å². The van der Waals surface area contributed by atoms with Crippen LogP contribution in [0.4, 0.5) is 10.7 Å². The highest BCUT2D eigenvalue weighted by Gasteiger charge is 2.27. The fourth-order valence-corrected chi connectivity index (χ4v) is 3.30. The van der Waals surface area contributed by atoms with E-state index in [1.54, 1.807) is 18.5 Å². The second kappa shape index (κ2) is 6.96. The number of fused-ring (bicyclic) bond motifs is 1. The molecule has 1 fully saturated rings. The Balaban J connectivity index is 1.36. The Morgan fingerprint density at radius 2 is 1.84 bits per heavy atom. The molecule has 1 N–H and O–H groups in total. The summed E-state index contributed by atoms with van der Waals surface area (Å²) in [5, 5.41) is 3.16. The molecule has 0 spiro atoms. The van der Waals surface area contributed by atoms with Crippen LogP contribution in [0.5, 0.6) is 5.75 Å². The SMILES string of the molecule is O=C(N[C@@H]1CCOc2ccccc21)N1CCN(c2ncccn2)CC1. The smallest absolute Gasteiger partial charge is 0.318 e. The topological polar surface area (TPSA) is 70.6 Å². The lowest BCUT2D eigenvalue weighted by Gasteiger charge is -2.36. The van der Waals surface area contributed by atoms with Crippen molar-refractivity contribution < 1.29 is 9.53 Å². The molecular weight excluding hydrogens is 318 g/mol. The van der Waals surface area contributed by atoms with Crippen molar-refractivity contribution in [2.75, 3.05) is 37.7 Å². The number of anilines is 1. The number of amides is 2. The molecule has 7 heteroatoms. The zero-order valence-electron chi connectivity index (χ0n) is 14.0. The van der Waals surface area contributed by atoms with Gasteiger partial charge in [0.25, 0.3) is 0 Å². The minimum absolute atomic E-state index is 0.00735. The van der Waals surface area contributed by atoms with Gasteiger partial charge in [0.1, 0.15) is 5.75 Å². The third-order valence-electron chi connectivity index (χ3n) is 4.66. The number of urea groups is 1. The first-order chi connectivity index (χ1) is 12.3. The maximum Gasteiger partial charge on any atom is 0.318 e. The summed E-state index contributed by atoms with van der Waals surface area (Å²) in [4.78, 5) is 25.2. The molecule has 7 nitrogen and oxygen atoms in total. The Morgan fingerprint density at radius 1 is 1.08 bits per heavy atom. The molecule has 25 heavy (non-hydrogen) atoms. The summed E-state index contributed by atoms with van der Waals surface area (Å²) in [5.74, 6) is 1.59. The molecule has 0 unspecified atom stereocenters. The lowest BCUT2D eigenvalue weighted by Crippen LogP contribution is -2.53. The van der Waals surface area contributed by atoms with Crippen molar-refractivity contribution in [3.8, 4) is 5.75 Å². The number of nitrogens with zero attached hydrogens (tertiary/aromatic N) is 4. The van der Waals surface area contributed by atoms with E-state index in [0.717, 1.165) is 36.8 Å². The first kappa shape index (κ1) is 15.7. The van der Waals surface area contributed by atoms with Gasteiger partial charge in [-0.3, -0.25) is 0 Å². The monoisotopic (exact) mass is 339 g/mol. The predicted molar refractivity (Wildman–Crippen MR) is 93.6 cm³/mol. The summed E-state index contributed by atoms with van der Waals surface area (Å²) in [7, 11) is 0. The third-order valence-corrected chi connectivity index (χ3v) is 4.66. The summed E-state index contributed by atoms with van der Waals surface area (Å²) in [6.45, 7) is 3.43. The van der Waals surface area contributed by atoms with Gasteiger partial charge in [-0.2, -0.15) is 0 Å². The van der Waals surface area contributed by atoms with Crippen LogP contribution in [0.1, 0.15) is 18.0 Å². The van der Waals surface area contributed by atoms with Crippen LogP contribution >= 0.6 is 0 Å². The van der Waals surface area contributed by atoms with Crippen molar-refractivity contribution in [1.82, 2.24) is 20.2 Å². The number of hydrogen-bond donors (Lipinski definition) is 1. The average molecular weight is 339 g/mol. The molecule has 0 aliphatic carbocycles. The number of ether oxygens (including phenoxy) is 1. The standard InChI is InChI=1S/C18H21N5O2/c24-18(21-15-6-13-25-16-5-2-1-4-14(15)16)23-11-9-22(10-12-23)17-19-7-3-8-20-17/h1-5,7-8,15H,6,9-13H2,(H,21,24)/t15-/m1/s1. The largest absolute Gasteiger partial charge is 0.493 e. The van der Waals surface area contributed by atoms with Crippen LogP contribution in [0.25, 0.3) is 0 Å². The molecule has 2 aromatic rings. The number of aromatic nitrogens is 2. The maximum atomic E-state index is 12.6. The first-order valence-electron chi connectivity index (χ1n) is 8.60. The molecule has 1 atom stereocenters. The highest BCUT2D eigenvalue weighted by molar-refractivity contribution is 5.75. The summed E-state index contributed by atoms with van der Waals surface area (Å²) in [5.41, 5.74) is 1.05. The molecule has 1 saturated heterocycles. The number of piperazine rings is 1. The quantitative estimate of drug-likeness (QED) is 0.904. The zero-order chi connectivity index (χ0) is 17.1.